The van der Waals surface area contributed by atoms with Gasteiger partial charge in [0.1, 0.15) is 19.3 Å². The summed E-state index contributed by atoms with van der Waals surface area (Å²) in [7, 11) is 3.00. The van der Waals surface area contributed by atoms with Crippen molar-refractivity contribution in [1.29, 1.82) is 0 Å². The lowest BCUT2D eigenvalue weighted by molar-refractivity contribution is -0.137. The highest BCUT2D eigenvalue weighted by molar-refractivity contribution is 6.15. The van der Waals surface area contributed by atoms with Gasteiger partial charge in [-0.05, 0) is 91.3 Å². The third-order valence-electron chi connectivity index (χ3n) is 15.0. The highest BCUT2D eigenvalue weighted by atomic mass is 16.5. The molecule has 0 spiro atoms. The predicted octanol–water partition coefficient (Wildman–Crippen LogP) is 5.87. The zero-order chi connectivity index (χ0) is 56.9. The van der Waals surface area contributed by atoms with Gasteiger partial charge in [0.15, 0.2) is 28.8 Å². The number of hydrogen-bond acceptors (Lipinski definition) is 14. The largest absolute Gasteiger partial charge is 0.493 e. The minimum absolute atomic E-state index is 0.00104. The third-order valence-corrected chi connectivity index (χ3v) is 15.0. The molecule has 0 aliphatic carbocycles. The molecule has 0 bridgehead atoms. The SMILES string of the molecule is COc1cc2c(cc1OCc1cc(COc3cc4c(cc3OC)C(=O)N3c5ccccc5C[C@H]3CN4)cc(CC(=O)[C@H](C)NC(=O)[C@H](C)NC(=O)CCCCC(=O)NCCN3C(=O)C=CC3=O)c1)N=C[C@@H]1Cc3ccccc3N1C2=O. The van der Waals surface area contributed by atoms with E-state index in [-0.39, 0.29) is 81.2 Å². The van der Waals surface area contributed by atoms with Crippen molar-refractivity contribution in [2.24, 2.45) is 4.99 Å². The molecule has 0 saturated carbocycles. The molecule has 5 aliphatic heterocycles. The van der Waals surface area contributed by atoms with E-state index in [0.717, 1.165) is 33.8 Å². The van der Waals surface area contributed by atoms with Gasteiger partial charge in [-0.1, -0.05) is 48.5 Å². The molecule has 10 rings (SSSR count). The molecular weight excluding hydrogens is 1040 g/mol. The number of nitrogens with one attached hydrogen (secondary N) is 4. The average Bonchev–Trinajstić information content (AvgIpc) is 4.22. The molecule has 20 nitrogen and oxygen atoms in total. The zero-order valence-electron chi connectivity index (χ0n) is 45.4. The Morgan fingerprint density at radius 2 is 1.26 bits per heavy atom. The Labute approximate surface area is 467 Å². The Hall–Kier alpha value is -9.33. The van der Waals surface area contributed by atoms with E-state index in [2.05, 4.69) is 21.3 Å². The van der Waals surface area contributed by atoms with Gasteiger partial charge in [0.05, 0.1) is 54.8 Å². The molecule has 418 valence electrons. The summed E-state index contributed by atoms with van der Waals surface area (Å²) in [4.78, 5) is 113. The number of Topliss-reactive ketones (excluding diaryl/α,β-unsaturated/α-hetero) is 1. The number of para-hydroxylation sites is 2. The summed E-state index contributed by atoms with van der Waals surface area (Å²) >= 11 is 0. The summed E-state index contributed by atoms with van der Waals surface area (Å²) in [5.41, 5.74) is 7.69. The molecule has 0 radical (unpaired) electrons. The summed E-state index contributed by atoms with van der Waals surface area (Å²) < 4.78 is 24.5. The molecule has 5 aliphatic rings. The van der Waals surface area contributed by atoms with Gasteiger partial charge in [0.2, 0.25) is 17.7 Å². The number of fused-ring (bicyclic) bond motifs is 8. The number of ether oxygens (including phenoxy) is 4. The first-order valence-electron chi connectivity index (χ1n) is 27.0. The fraction of sp³-hybridized carbons (Fsp3) is 0.328. The zero-order valence-corrected chi connectivity index (χ0v) is 45.4. The van der Waals surface area contributed by atoms with E-state index < -0.39 is 35.7 Å². The quantitative estimate of drug-likeness (QED) is 0.0469. The Bertz CT molecular complexity index is 3410. The van der Waals surface area contributed by atoms with E-state index in [0.29, 0.717) is 88.0 Å². The average molecular weight is 1100 g/mol. The molecule has 0 unspecified atom stereocenters. The number of carbonyl (C=O) groups excluding carboxylic acids is 8. The first-order chi connectivity index (χ1) is 39.2. The number of methoxy groups -OCH3 is 2. The maximum atomic E-state index is 14.1. The van der Waals surface area contributed by atoms with Crippen LogP contribution in [0.4, 0.5) is 22.7 Å². The van der Waals surface area contributed by atoms with Crippen molar-refractivity contribution in [1.82, 2.24) is 20.9 Å². The predicted molar refractivity (Wildman–Crippen MR) is 300 cm³/mol. The Kier molecular flexibility index (Phi) is 16.3. The lowest BCUT2D eigenvalue weighted by atomic mass is 9.99. The van der Waals surface area contributed by atoms with E-state index in [1.165, 1.54) is 33.3 Å². The van der Waals surface area contributed by atoms with Gasteiger partial charge in [-0.15, -0.1) is 0 Å². The van der Waals surface area contributed by atoms with Gasteiger partial charge in [0, 0.05) is 87.2 Å². The Morgan fingerprint density at radius 3 is 1.94 bits per heavy atom. The van der Waals surface area contributed by atoms with Gasteiger partial charge in [0.25, 0.3) is 23.6 Å². The van der Waals surface area contributed by atoms with E-state index >= 15 is 0 Å². The highest BCUT2D eigenvalue weighted by Crippen LogP contribution is 2.43. The topological polar surface area (TPSA) is 244 Å². The van der Waals surface area contributed by atoms with Gasteiger partial charge >= 0.3 is 0 Å². The number of aliphatic imine (C=N–C) groups is 1. The third kappa shape index (κ3) is 12.0. The summed E-state index contributed by atoms with van der Waals surface area (Å²) in [5, 5.41) is 11.5. The van der Waals surface area contributed by atoms with Crippen molar-refractivity contribution in [3.8, 4) is 23.0 Å². The molecule has 0 aromatic heterocycles. The summed E-state index contributed by atoms with van der Waals surface area (Å²) in [6, 6.07) is 25.8. The van der Waals surface area contributed by atoms with E-state index in [9.17, 15) is 38.4 Å². The van der Waals surface area contributed by atoms with Gasteiger partial charge in [-0.2, -0.15) is 0 Å². The minimum Gasteiger partial charge on any atom is -0.493 e. The maximum Gasteiger partial charge on any atom is 0.261 e. The van der Waals surface area contributed by atoms with Crippen LogP contribution in [0, 0.1) is 0 Å². The fourth-order valence-corrected chi connectivity index (χ4v) is 10.8. The number of imide groups is 1. The summed E-state index contributed by atoms with van der Waals surface area (Å²) in [6.07, 6.45) is 6.35. The molecular formula is C61H62N8O12. The standard InChI is InChI=1S/C61H62N8O12/c1-35(66-59(75)36(2)65-56(72)16-10-9-15-55(71)62-19-20-67-57(73)17-18-58(67)74)50(70)24-37-21-38(33-80-53-29-46-44(27-51(53)78-3)60(76)68-42(31-63-46)25-40-11-5-7-13-48(40)68)23-39(22-37)34-81-54-30-47-45(28-52(54)79-4)61(77)69-43(32-64-47)26-41-12-6-8-14-49(41)69/h5-8,11-14,17-18,21-23,27-31,35-36,42-43,64H,9-10,15-16,19-20,24-26,32-34H2,1-4H3,(H,62,71)(H,65,72)(H,66,75)/t35-,36-,42-,43-/m0/s1. The van der Waals surface area contributed by atoms with Gasteiger partial charge < -0.3 is 45.1 Å². The molecule has 4 atom stereocenters. The second-order valence-electron chi connectivity index (χ2n) is 20.6. The number of anilines is 3. The van der Waals surface area contributed by atoms with Crippen molar-refractivity contribution < 1.29 is 57.3 Å². The second-order valence-corrected chi connectivity index (χ2v) is 20.6. The molecule has 5 aromatic carbocycles. The number of nitrogens with zero attached hydrogens (tertiary/aromatic N) is 4. The fourth-order valence-electron chi connectivity index (χ4n) is 10.8. The van der Waals surface area contributed by atoms with Crippen LogP contribution in [0.2, 0.25) is 0 Å². The van der Waals surface area contributed by atoms with Gasteiger partial charge in [-0.3, -0.25) is 53.1 Å². The van der Waals surface area contributed by atoms with Crippen LogP contribution < -0.4 is 50.0 Å². The molecule has 0 fully saturated rings. The summed E-state index contributed by atoms with van der Waals surface area (Å²) in [5.74, 6) is -1.37. The lowest BCUT2D eigenvalue weighted by Crippen LogP contribution is -2.49. The van der Waals surface area contributed by atoms with E-state index in [4.69, 9.17) is 23.9 Å². The van der Waals surface area contributed by atoms with Crippen molar-refractivity contribution >= 4 is 76.1 Å². The number of unbranched alkanes of at least 4 members (excludes halogenated alkanes) is 1. The van der Waals surface area contributed by atoms with Crippen LogP contribution in [-0.4, -0.2) is 116 Å². The molecule has 7 amide bonds. The normalized spacial score (nSPS) is 17.1. The minimum atomic E-state index is -0.972. The number of benzene rings is 5. The number of hydrogen-bond donors (Lipinski definition) is 4. The van der Waals surface area contributed by atoms with Crippen molar-refractivity contribution in [3.05, 3.63) is 142 Å². The smallest absolute Gasteiger partial charge is 0.261 e. The van der Waals surface area contributed by atoms with E-state index in [1.54, 1.807) is 42.3 Å². The van der Waals surface area contributed by atoms with E-state index in [1.807, 2.05) is 71.6 Å². The van der Waals surface area contributed by atoms with Crippen LogP contribution in [0.5, 0.6) is 23.0 Å². The number of amides is 7. The van der Waals surface area contributed by atoms with Crippen molar-refractivity contribution in [2.45, 2.75) is 96.2 Å². The van der Waals surface area contributed by atoms with Gasteiger partial charge in [-0.25, -0.2) is 0 Å². The number of rotatable bonds is 22. The van der Waals surface area contributed by atoms with Crippen LogP contribution in [0.25, 0.3) is 0 Å². The number of carbonyl (C=O) groups is 8. The Morgan fingerprint density at radius 1 is 0.667 bits per heavy atom. The van der Waals surface area contributed by atoms with Crippen LogP contribution in [0.1, 0.15) is 88.1 Å². The first kappa shape index (κ1) is 55.0. The van der Waals surface area contributed by atoms with Crippen LogP contribution in [-0.2, 0) is 61.2 Å². The molecule has 20 heteroatoms. The monoisotopic (exact) mass is 1100 g/mol. The molecule has 5 heterocycles. The molecule has 4 N–H and O–H groups in total. The second kappa shape index (κ2) is 24.0. The number of ketones is 1. The maximum absolute atomic E-state index is 14.1. The van der Waals surface area contributed by atoms with Crippen LogP contribution in [0.3, 0.4) is 0 Å². The Balaban J connectivity index is 0.804. The van der Waals surface area contributed by atoms with Crippen molar-refractivity contribution in [3.63, 3.8) is 0 Å². The van der Waals surface area contributed by atoms with Crippen LogP contribution >= 0.6 is 0 Å². The van der Waals surface area contributed by atoms with Crippen LogP contribution in [0.15, 0.2) is 108 Å². The molecule has 5 aromatic rings. The molecule has 0 saturated heterocycles. The lowest BCUT2D eigenvalue weighted by Gasteiger charge is -2.22. The molecule has 81 heavy (non-hydrogen) atoms. The summed E-state index contributed by atoms with van der Waals surface area (Å²) in [6.45, 7) is 3.79. The first-order valence-corrected chi connectivity index (χ1v) is 27.0. The van der Waals surface area contributed by atoms with Crippen molar-refractivity contribution in [2.75, 3.05) is 49.0 Å². The highest BCUT2D eigenvalue weighted by Gasteiger charge is 2.39.